The summed E-state index contributed by atoms with van der Waals surface area (Å²) in [5.41, 5.74) is 3.44. The Morgan fingerprint density at radius 2 is 2.44 bits per heavy atom. The molecule has 3 N–H and O–H groups in total. The standard InChI is InChI=1S/C9H17N5OS/c1-9(2)6-14(3-4-15-9)5-7-8(11-10)16-13-12-7/h11H,3-6,10H2,1-2H3. The number of hydrazine groups is 1. The maximum absolute atomic E-state index is 5.66. The minimum atomic E-state index is -0.0853. The van der Waals surface area contributed by atoms with Gasteiger partial charge in [0, 0.05) is 31.2 Å². The molecule has 1 aromatic heterocycles. The number of ether oxygens (including phenoxy) is 1. The first kappa shape index (κ1) is 11.7. The number of anilines is 1. The van der Waals surface area contributed by atoms with Crippen LogP contribution in [0.5, 0.6) is 0 Å². The molecule has 1 aliphatic rings. The average Bonchev–Trinajstić information content (AvgIpc) is 2.63. The molecule has 2 rings (SSSR count). The summed E-state index contributed by atoms with van der Waals surface area (Å²) >= 11 is 1.28. The molecule has 0 aliphatic carbocycles. The lowest BCUT2D eigenvalue weighted by Crippen LogP contribution is -2.47. The third-order valence-electron chi connectivity index (χ3n) is 2.56. The smallest absolute Gasteiger partial charge is 0.148 e. The summed E-state index contributed by atoms with van der Waals surface area (Å²) in [5.74, 6) is 5.39. The van der Waals surface area contributed by atoms with Gasteiger partial charge in [0.2, 0.25) is 0 Å². The molecule has 0 unspecified atom stereocenters. The van der Waals surface area contributed by atoms with Crippen LogP contribution in [0.25, 0.3) is 0 Å². The number of nitrogens with zero attached hydrogens (tertiary/aromatic N) is 3. The van der Waals surface area contributed by atoms with Crippen LogP contribution in [0.1, 0.15) is 19.5 Å². The molecule has 6 nitrogen and oxygen atoms in total. The molecule has 0 amide bonds. The predicted octanol–water partition coefficient (Wildman–Crippen LogP) is 0.435. The first-order valence-corrected chi connectivity index (χ1v) is 6.02. The molecular weight excluding hydrogens is 226 g/mol. The van der Waals surface area contributed by atoms with Crippen molar-refractivity contribution in [3.8, 4) is 0 Å². The van der Waals surface area contributed by atoms with Crippen molar-refractivity contribution in [2.24, 2.45) is 5.84 Å². The topological polar surface area (TPSA) is 76.3 Å². The molecule has 1 aliphatic heterocycles. The lowest BCUT2D eigenvalue weighted by Gasteiger charge is -2.37. The number of aromatic nitrogens is 2. The summed E-state index contributed by atoms with van der Waals surface area (Å²) in [6.45, 7) is 7.54. The second-order valence-corrected chi connectivity index (χ2v) is 5.27. The van der Waals surface area contributed by atoms with Crippen molar-refractivity contribution in [3.63, 3.8) is 0 Å². The Morgan fingerprint density at radius 1 is 1.62 bits per heavy atom. The van der Waals surface area contributed by atoms with E-state index in [0.29, 0.717) is 0 Å². The quantitative estimate of drug-likeness (QED) is 0.592. The first-order chi connectivity index (χ1) is 7.61. The number of nitrogen functional groups attached to an aromatic ring is 1. The molecule has 1 aromatic rings. The van der Waals surface area contributed by atoms with E-state index in [1.54, 1.807) is 0 Å². The number of morpholine rings is 1. The van der Waals surface area contributed by atoms with E-state index in [9.17, 15) is 0 Å². The maximum atomic E-state index is 5.66. The van der Waals surface area contributed by atoms with Gasteiger partial charge in [-0.15, -0.1) is 5.10 Å². The van der Waals surface area contributed by atoms with Crippen LogP contribution in [0, 0.1) is 0 Å². The molecule has 0 aromatic carbocycles. The molecule has 2 heterocycles. The minimum absolute atomic E-state index is 0.0853. The van der Waals surface area contributed by atoms with Gasteiger partial charge in [-0.05, 0) is 13.8 Å². The minimum Gasteiger partial charge on any atom is -0.373 e. The summed E-state index contributed by atoms with van der Waals surface area (Å²) in [5, 5.41) is 4.91. The maximum Gasteiger partial charge on any atom is 0.148 e. The highest BCUT2D eigenvalue weighted by Gasteiger charge is 2.27. The van der Waals surface area contributed by atoms with Crippen LogP contribution in [-0.2, 0) is 11.3 Å². The number of hydrogen-bond acceptors (Lipinski definition) is 7. The Labute approximate surface area is 98.9 Å². The van der Waals surface area contributed by atoms with Crippen LogP contribution in [0.2, 0.25) is 0 Å². The molecule has 1 saturated heterocycles. The van der Waals surface area contributed by atoms with Gasteiger partial charge in [-0.3, -0.25) is 4.90 Å². The fourth-order valence-corrected chi connectivity index (χ4v) is 2.37. The van der Waals surface area contributed by atoms with Crippen molar-refractivity contribution in [1.29, 1.82) is 0 Å². The van der Waals surface area contributed by atoms with E-state index in [0.717, 1.165) is 36.9 Å². The Kier molecular flexibility index (Phi) is 3.38. The van der Waals surface area contributed by atoms with Crippen LogP contribution in [-0.4, -0.2) is 39.8 Å². The zero-order valence-corrected chi connectivity index (χ0v) is 10.4. The van der Waals surface area contributed by atoms with Crippen molar-refractivity contribution in [2.75, 3.05) is 25.1 Å². The largest absolute Gasteiger partial charge is 0.373 e. The Balaban J connectivity index is 1.99. The van der Waals surface area contributed by atoms with Crippen LogP contribution >= 0.6 is 11.5 Å². The predicted molar refractivity (Wildman–Crippen MR) is 63.0 cm³/mol. The Hall–Kier alpha value is -0.760. The van der Waals surface area contributed by atoms with Gasteiger partial charge in [0.1, 0.15) is 10.7 Å². The zero-order valence-electron chi connectivity index (χ0n) is 9.56. The highest BCUT2D eigenvalue weighted by molar-refractivity contribution is 7.10. The van der Waals surface area contributed by atoms with Gasteiger partial charge in [0.25, 0.3) is 0 Å². The monoisotopic (exact) mass is 243 g/mol. The van der Waals surface area contributed by atoms with Crippen LogP contribution in [0.3, 0.4) is 0 Å². The third kappa shape index (κ3) is 2.67. The van der Waals surface area contributed by atoms with Gasteiger partial charge >= 0.3 is 0 Å². The van der Waals surface area contributed by atoms with E-state index >= 15 is 0 Å². The zero-order chi connectivity index (χ0) is 11.6. The second kappa shape index (κ2) is 4.62. The van der Waals surface area contributed by atoms with E-state index in [1.165, 1.54) is 11.5 Å². The lowest BCUT2D eigenvalue weighted by molar-refractivity contribution is -0.0884. The Bertz CT molecular complexity index is 353. The summed E-state index contributed by atoms with van der Waals surface area (Å²) < 4.78 is 9.54. The molecule has 0 spiro atoms. The van der Waals surface area contributed by atoms with E-state index in [-0.39, 0.29) is 5.60 Å². The molecule has 7 heteroatoms. The Morgan fingerprint density at radius 3 is 3.12 bits per heavy atom. The summed E-state index contributed by atoms with van der Waals surface area (Å²) in [6, 6.07) is 0. The third-order valence-corrected chi connectivity index (χ3v) is 3.26. The first-order valence-electron chi connectivity index (χ1n) is 5.25. The molecule has 16 heavy (non-hydrogen) atoms. The van der Waals surface area contributed by atoms with Crippen LogP contribution in [0.4, 0.5) is 5.00 Å². The normalized spacial score (nSPS) is 20.9. The van der Waals surface area contributed by atoms with Gasteiger partial charge in [-0.2, -0.15) is 0 Å². The lowest BCUT2D eigenvalue weighted by atomic mass is 10.1. The number of hydrogen-bond donors (Lipinski definition) is 2. The molecule has 0 radical (unpaired) electrons. The molecular formula is C9H17N5OS. The summed E-state index contributed by atoms with van der Waals surface area (Å²) in [4.78, 5) is 2.31. The summed E-state index contributed by atoms with van der Waals surface area (Å²) in [7, 11) is 0. The van der Waals surface area contributed by atoms with Crippen molar-refractivity contribution in [2.45, 2.75) is 26.0 Å². The fraction of sp³-hybridized carbons (Fsp3) is 0.778. The van der Waals surface area contributed by atoms with Crippen molar-refractivity contribution in [3.05, 3.63) is 5.69 Å². The van der Waals surface area contributed by atoms with Crippen LogP contribution in [0.15, 0.2) is 0 Å². The van der Waals surface area contributed by atoms with E-state index < -0.39 is 0 Å². The molecule has 0 bridgehead atoms. The van der Waals surface area contributed by atoms with Crippen molar-refractivity contribution < 1.29 is 4.74 Å². The van der Waals surface area contributed by atoms with Crippen molar-refractivity contribution in [1.82, 2.24) is 14.5 Å². The van der Waals surface area contributed by atoms with Gasteiger partial charge in [0.15, 0.2) is 0 Å². The van der Waals surface area contributed by atoms with Gasteiger partial charge in [-0.25, -0.2) is 5.84 Å². The molecule has 90 valence electrons. The van der Waals surface area contributed by atoms with Gasteiger partial charge < -0.3 is 10.2 Å². The van der Waals surface area contributed by atoms with Gasteiger partial charge in [-0.1, -0.05) is 4.49 Å². The highest BCUT2D eigenvalue weighted by Crippen LogP contribution is 2.22. The number of nitrogens with two attached hydrogens (primary N) is 1. The molecule has 0 atom stereocenters. The van der Waals surface area contributed by atoms with Crippen LogP contribution < -0.4 is 11.3 Å². The fourth-order valence-electron chi connectivity index (χ4n) is 1.88. The number of nitrogens with one attached hydrogen (secondary N) is 1. The van der Waals surface area contributed by atoms with Crippen molar-refractivity contribution >= 4 is 16.5 Å². The molecule has 1 fully saturated rings. The highest BCUT2D eigenvalue weighted by atomic mass is 32.1. The SMILES string of the molecule is CC1(C)CN(Cc2nnsc2NN)CCO1. The second-order valence-electron chi connectivity index (χ2n) is 4.51. The van der Waals surface area contributed by atoms with Gasteiger partial charge in [0.05, 0.1) is 12.2 Å². The van der Waals surface area contributed by atoms with E-state index in [1.807, 2.05) is 0 Å². The number of rotatable bonds is 3. The van der Waals surface area contributed by atoms with E-state index in [2.05, 4.69) is 33.8 Å². The average molecular weight is 243 g/mol. The van der Waals surface area contributed by atoms with E-state index in [4.69, 9.17) is 10.6 Å². The summed E-state index contributed by atoms with van der Waals surface area (Å²) in [6.07, 6.45) is 0. The molecule has 0 saturated carbocycles.